The van der Waals surface area contributed by atoms with Crippen LogP contribution in [0.15, 0.2) is 25.3 Å². The lowest BCUT2D eigenvalue weighted by atomic mass is 9.71. The molecule has 0 aromatic carbocycles. The molecule has 3 amide bonds. The van der Waals surface area contributed by atoms with Crippen molar-refractivity contribution in [3.63, 3.8) is 0 Å². The molecule has 1 fully saturated rings. The van der Waals surface area contributed by atoms with E-state index in [0.717, 1.165) is 5.06 Å². The number of nitrogens with zero attached hydrogens (tertiary/aromatic N) is 1. The number of hydroxylamine groups is 2. The Balaban J connectivity index is 2.49. The van der Waals surface area contributed by atoms with Gasteiger partial charge in [-0.25, -0.2) is 4.84 Å². The zero-order valence-corrected chi connectivity index (χ0v) is 18.8. The molecule has 0 aromatic heterocycles. The Kier molecular flexibility index (Phi) is 10.9. The molecule has 8 nitrogen and oxygen atoms in total. The van der Waals surface area contributed by atoms with Crippen molar-refractivity contribution < 1.29 is 28.7 Å². The first-order valence-corrected chi connectivity index (χ1v) is 10.3. The average molecular weight is 425 g/mol. The van der Waals surface area contributed by atoms with Crippen LogP contribution in [-0.4, -0.2) is 49.5 Å². The highest BCUT2D eigenvalue weighted by Crippen LogP contribution is 2.34. The van der Waals surface area contributed by atoms with Crippen LogP contribution in [0, 0.1) is 29.6 Å². The van der Waals surface area contributed by atoms with Crippen molar-refractivity contribution in [2.75, 3.05) is 20.6 Å². The Hall–Kier alpha value is -2.03. The lowest BCUT2D eigenvalue weighted by Gasteiger charge is -2.36. The molecule has 1 aliphatic heterocycles. The monoisotopic (exact) mass is 424 g/mol. The van der Waals surface area contributed by atoms with E-state index in [4.69, 9.17) is 14.3 Å². The molecule has 1 rings (SSSR count). The topological polar surface area (TPSA) is 94.2 Å². The molecule has 1 heterocycles. The fraction of sp³-hybridized carbons (Fsp3) is 0.682. The van der Waals surface area contributed by atoms with E-state index in [9.17, 15) is 14.4 Å². The number of ether oxygens (including phenoxy) is 2. The first-order chi connectivity index (χ1) is 14.2. The zero-order chi connectivity index (χ0) is 22.8. The first kappa shape index (κ1) is 26.0. The van der Waals surface area contributed by atoms with Crippen LogP contribution in [0.5, 0.6) is 0 Å². The normalized spacial score (nSPS) is 20.2. The third-order valence-corrected chi connectivity index (χ3v) is 6.18. The molecular formula is C22H36N2O6. The van der Waals surface area contributed by atoms with Gasteiger partial charge in [0.2, 0.25) is 5.91 Å². The van der Waals surface area contributed by atoms with Gasteiger partial charge in [-0.3, -0.25) is 14.4 Å². The zero-order valence-electron chi connectivity index (χ0n) is 18.8. The number of nitrogens with one attached hydrogen (secondary N) is 1. The van der Waals surface area contributed by atoms with Crippen molar-refractivity contribution >= 4 is 17.7 Å². The van der Waals surface area contributed by atoms with Crippen LogP contribution in [-0.2, 0) is 28.7 Å². The van der Waals surface area contributed by atoms with Crippen molar-refractivity contribution in [3.8, 4) is 0 Å². The summed E-state index contributed by atoms with van der Waals surface area (Å²) in [5.41, 5.74) is 0. The van der Waals surface area contributed by atoms with Gasteiger partial charge in [-0.1, -0.05) is 32.9 Å². The molecule has 4 unspecified atom stereocenters. The highest BCUT2D eigenvalue weighted by molar-refractivity contribution is 6.00. The fourth-order valence-corrected chi connectivity index (χ4v) is 3.68. The van der Waals surface area contributed by atoms with Crippen molar-refractivity contribution in [2.45, 2.75) is 46.6 Å². The summed E-state index contributed by atoms with van der Waals surface area (Å²) in [6.07, 6.45) is 3.70. The number of hydrogen-bond donors (Lipinski definition) is 1. The molecular weight excluding hydrogens is 388 g/mol. The Bertz CT molecular complexity index is 607. The molecule has 30 heavy (non-hydrogen) atoms. The van der Waals surface area contributed by atoms with Crippen molar-refractivity contribution in [3.05, 3.63) is 25.3 Å². The maximum absolute atomic E-state index is 12.2. The van der Waals surface area contributed by atoms with Crippen LogP contribution in [0.1, 0.15) is 40.5 Å². The number of carbonyl (C=O) groups is 3. The Morgan fingerprint density at radius 2 is 1.63 bits per heavy atom. The van der Waals surface area contributed by atoms with Crippen LogP contribution in [0.4, 0.5) is 0 Å². The summed E-state index contributed by atoms with van der Waals surface area (Å²) in [5.74, 6) is -0.622. The van der Waals surface area contributed by atoms with Gasteiger partial charge in [-0.2, -0.15) is 5.06 Å². The lowest BCUT2D eigenvalue weighted by molar-refractivity contribution is -0.236. The molecule has 170 valence electrons. The predicted molar refractivity (Wildman–Crippen MR) is 112 cm³/mol. The van der Waals surface area contributed by atoms with E-state index >= 15 is 0 Å². The van der Waals surface area contributed by atoms with E-state index in [0.29, 0.717) is 0 Å². The van der Waals surface area contributed by atoms with Crippen molar-refractivity contribution in [1.82, 2.24) is 10.4 Å². The second-order valence-electron chi connectivity index (χ2n) is 7.79. The van der Waals surface area contributed by atoms with Crippen LogP contribution in [0.25, 0.3) is 0 Å². The highest BCUT2D eigenvalue weighted by atomic mass is 16.8. The van der Waals surface area contributed by atoms with Gasteiger partial charge in [0.15, 0.2) is 6.79 Å². The molecule has 0 aliphatic carbocycles. The standard InChI is InChI=1S/C22H36N2O6/c1-8-18(19(9-2)22(27)23-7)16(5)14(3)15(4)17(6)29-12-28-13-30-24-20(25)10-11-21(24)26/h8-9,14-19H,1-2,10-13H2,3-7H3,(H,23,27)/t14-,15?,16?,17?,18+,19?/m0/s1. The van der Waals surface area contributed by atoms with E-state index in [2.05, 4.69) is 39.2 Å². The molecule has 6 atom stereocenters. The van der Waals surface area contributed by atoms with Gasteiger partial charge in [0.25, 0.3) is 11.8 Å². The fourth-order valence-electron chi connectivity index (χ4n) is 3.68. The molecule has 0 aromatic rings. The number of imide groups is 1. The number of allylic oxidation sites excluding steroid dienone is 1. The second-order valence-corrected chi connectivity index (χ2v) is 7.79. The molecule has 1 aliphatic rings. The van der Waals surface area contributed by atoms with E-state index in [1.165, 1.54) is 0 Å². The SMILES string of the molecule is C=CC(C(=O)NC)[C@H](C=C)C(C)[C@@H](C)C(C)C(C)OCOCON1C(=O)CCC1=O. The van der Waals surface area contributed by atoms with Gasteiger partial charge in [-0.15, -0.1) is 13.2 Å². The third-order valence-electron chi connectivity index (χ3n) is 6.18. The second kappa shape index (κ2) is 12.6. The summed E-state index contributed by atoms with van der Waals surface area (Å²) in [5, 5.41) is 3.43. The molecule has 8 heteroatoms. The minimum absolute atomic E-state index is 0.0265. The van der Waals surface area contributed by atoms with Gasteiger partial charge in [0.1, 0.15) is 6.79 Å². The summed E-state index contributed by atoms with van der Waals surface area (Å²) in [6.45, 7) is 15.7. The Morgan fingerprint density at radius 1 is 1.03 bits per heavy atom. The van der Waals surface area contributed by atoms with E-state index in [1.54, 1.807) is 13.1 Å². The van der Waals surface area contributed by atoms with Gasteiger partial charge >= 0.3 is 0 Å². The largest absolute Gasteiger partial charge is 0.359 e. The van der Waals surface area contributed by atoms with E-state index in [1.807, 2.05) is 13.0 Å². The maximum atomic E-state index is 12.2. The van der Waals surface area contributed by atoms with E-state index in [-0.39, 0.29) is 79.8 Å². The van der Waals surface area contributed by atoms with Crippen LogP contribution in [0.2, 0.25) is 0 Å². The minimum Gasteiger partial charge on any atom is -0.359 e. The summed E-state index contributed by atoms with van der Waals surface area (Å²) < 4.78 is 11.0. The number of carbonyl (C=O) groups excluding carboxylic acids is 3. The van der Waals surface area contributed by atoms with Crippen molar-refractivity contribution in [2.24, 2.45) is 29.6 Å². The van der Waals surface area contributed by atoms with Crippen LogP contribution >= 0.6 is 0 Å². The molecule has 1 saturated heterocycles. The Morgan fingerprint density at radius 3 is 2.13 bits per heavy atom. The molecule has 0 saturated carbocycles. The summed E-state index contributed by atoms with van der Waals surface area (Å²) in [7, 11) is 1.62. The van der Waals surface area contributed by atoms with Crippen LogP contribution < -0.4 is 5.32 Å². The quantitative estimate of drug-likeness (QED) is 0.199. The summed E-state index contributed by atoms with van der Waals surface area (Å²) in [4.78, 5) is 40.1. The van der Waals surface area contributed by atoms with E-state index < -0.39 is 0 Å². The summed E-state index contributed by atoms with van der Waals surface area (Å²) in [6, 6.07) is 0. The molecule has 0 spiro atoms. The average Bonchev–Trinajstić information content (AvgIpc) is 3.06. The maximum Gasteiger partial charge on any atom is 0.254 e. The number of amides is 3. The van der Waals surface area contributed by atoms with Gasteiger partial charge < -0.3 is 14.8 Å². The minimum atomic E-state index is -0.360. The van der Waals surface area contributed by atoms with Crippen LogP contribution in [0.3, 0.4) is 0 Å². The summed E-state index contributed by atoms with van der Waals surface area (Å²) >= 11 is 0. The van der Waals surface area contributed by atoms with Gasteiger partial charge in [-0.05, 0) is 30.6 Å². The lowest BCUT2D eigenvalue weighted by Crippen LogP contribution is -2.38. The predicted octanol–water partition coefficient (Wildman–Crippen LogP) is 2.66. The smallest absolute Gasteiger partial charge is 0.254 e. The molecule has 0 radical (unpaired) electrons. The highest BCUT2D eigenvalue weighted by Gasteiger charge is 2.34. The molecule has 0 bridgehead atoms. The van der Waals surface area contributed by atoms with Gasteiger partial charge in [0, 0.05) is 19.9 Å². The number of hydrogen-bond acceptors (Lipinski definition) is 6. The Labute approximate surface area is 179 Å². The third kappa shape index (κ3) is 6.75. The first-order valence-electron chi connectivity index (χ1n) is 10.3. The molecule has 1 N–H and O–H groups in total. The van der Waals surface area contributed by atoms with Crippen molar-refractivity contribution in [1.29, 1.82) is 0 Å². The number of rotatable bonds is 14. The van der Waals surface area contributed by atoms with Gasteiger partial charge in [0.05, 0.1) is 12.0 Å².